The molecule has 120 valence electrons. The zero-order chi connectivity index (χ0) is 15.5. The Morgan fingerprint density at radius 2 is 2.05 bits per heavy atom. The van der Waals surface area contributed by atoms with Crippen LogP contribution in [0.2, 0.25) is 0 Å². The van der Waals surface area contributed by atoms with Crippen molar-refractivity contribution in [2.24, 2.45) is 11.7 Å². The highest BCUT2D eigenvalue weighted by Crippen LogP contribution is 2.27. The minimum Gasteiger partial charge on any atom is -0.394 e. The molecule has 7 nitrogen and oxygen atoms in total. The number of carbonyl (C=O) groups excluding carboxylic acids is 1. The number of anilines is 2. The Bertz CT molecular complexity index is 538. The zero-order valence-electron chi connectivity index (χ0n) is 12.7. The van der Waals surface area contributed by atoms with Crippen molar-refractivity contribution < 1.29 is 9.90 Å². The van der Waals surface area contributed by atoms with Crippen molar-refractivity contribution in [2.75, 3.05) is 36.0 Å². The second-order valence-electron chi connectivity index (χ2n) is 6.09. The molecule has 3 rings (SSSR count). The van der Waals surface area contributed by atoms with E-state index in [2.05, 4.69) is 19.8 Å². The number of piperidine rings is 1. The summed E-state index contributed by atoms with van der Waals surface area (Å²) >= 11 is 0. The molecule has 2 aliphatic heterocycles. The van der Waals surface area contributed by atoms with Crippen LogP contribution >= 0.6 is 0 Å². The van der Waals surface area contributed by atoms with E-state index >= 15 is 0 Å². The van der Waals surface area contributed by atoms with Crippen LogP contribution < -0.4 is 15.5 Å². The van der Waals surface area contributed by atoms with Crippen molar-refractivity contribution in [3.8, 4) is 0 Å². The summed E-state index contributed by atoms with van der Waals surface area (Å²) in [4.78, 5) is 24.4. The first kappa shape index (κ1) is 15.0. The second-order valence-corrected chi connectivity index (χ2v) is 6.09. The fraction of sp³-hybridized carbons (Fsp3) is 0.667. The third kappa shape index (κ3) is 2.99. The van der Waals surface area contributed by atoms with Crippen LogP contribution in [0.25, 0.3) is 0 Å². The molecule has 0 saturated carbocycles. The van der Waals surface area contributed by atoms with Gasteiger partial charge in [0.2, 0.25) is 5.91 Å². The van der Waals surface area contributed by atoms with Crippen LogP contribution in [0.1, 0.15) is 25.7 Å². The molecule has 3 N–H and O–H groups in total. The number of aliphatic hydroxyl groups is 1. The summed E-state index contributed by atoms with van der Waals surface area (Å²) in [6, 6.07) is 2.10. The van der Waals surface area contributed by atoms with E-state index in [1.54, 1.807) is 6.33 Å². The molecule has 0 spiro atoms. The fourth-order valence-electron chi connectivity index (χ4n) is 3.41. The fourth-order valence-corrected chi connectivity index (χ4v) is 3.41. The van der Waals surface area contributed by atoms with Gasteiger partial charge in [-0.1, -0.05) is 0 Å². The summed E-state index contributed by atoms with van der Waals surface area (Å²) in [7, 11) is 0. The molecular weight excluding hydrogens is 282 g/mol. The van der Waals surface area contributed by atoms with E-state index in [1.807, 2.05) is 6.07 Å². The summed E-state index contributed by atoms with van der Waals surface area (Å²) in [6.07, 6.45) is 5.41. The number of carbonyl (C=O) groups is 1. The first-order valence-electron chi connectivity index (χ1n) is 7.93. The standard InChI is InChI=1S/C15H23N5O2/c16-15(22)11-3-1-5-19(8-11)13-7-14(18-10-17-13)20-6-2-4-12(20)9-21/h7,10-12,21H,1-6,8-9H2,(H2,16,22)/t11-,12-/m1/s1. The lowest BCUT2D eigenvalue weighted by Crippen LogP contribution is -2.41. The smallest absolute Gasteiger partial charge is 0.222 e. The van der Waals surface area contributed by atoms with Gasteiger partial charge in [0.15, 0.2) is 0 Å². The normalized spacial score (nSPS) is 25.5. The lowest BCUT2D eigenvalue weighted by Gasteiger charge is -2.32. The quantitative estimate of drug-likeness (QED) is 0.821. The van der Waals surface area contributed by atoms with Gasteiger partial charge in [-0.15, -0.1) is 0 Å². The van der Waals surface area contributed by atoms with Crippen LogP contribution in [0.5, 0.6) is 0 Å². The van der Waals surface area contributed by atoms with E-state index in [0.29, 0.717) is 6.54 Å². The molecule has 22 heavy (non-hydrogen) atoms. The Balaban J connectivity index is 1.77. The summed E-state index contributed by atoms with van der Waals surface area (Å²) in [5, 5.41) is 9.46. The van der Waals surface area contributed by atoms with E-state index in [0.717, 1.165) is 50.4 Å². The van der Waals surface area contributed by atoms with Crippen LogP contribution in [0, 0.1) is 5.92 Å². The van der Waals surface area contributed by atoms with Gasteiger partial charge in [-0.25, -0.2) is 9.97 Å². The Morgan fingerprint density at radius 3 is 2.82 bits per heavy atom. The van der Waals surface area contributed by atoms with Crippen molar-refractivity contribution in [1.29, 1.82) is 0 Å². The number of nitrogens with two attached hydrogens (primary N) is 1. The summed E-state index contributed by atoms with van der Waals surface area (Å²) < 4.78 is 0. The largest absolute Gasteiger partial charge is 0.394 e. The monoisotopic (exact) mass is 305 g/mol. The molecule has 0 radical (unpaired) electrons. The number of primary amides is 1. The molecular formula is C15H23N5O2. The van der Waals surface area contributed by atoms with Crippen LogP contribution in [0.3, 0.4) is 0 Å². The first-order valence-corrected chi connectivity index (χ1v) is 7.93. The molecule has 2 atom stereocenters. The lowest BCUT2D eigenvalue weighted by molar-refractivity contribution is -0.122. The van der Waals surface area contributed by atoms with Crippen molar-refractivity contribution in [3.05, 3.63) is 12.4 Å². The Hall–Kier alpha value is -1.89. The van der Waals surface area contributed by atoms with Gasteiger partial charge in [-0.2, -0.15) is 0 Å². The molecule has 2 fully saturated rings. The predicted molar refractivity (Wildman–Crippen MR) is 83.6 cm³/mol. The van der Waals surface area contributed by atoms with Crippen molar-refractivity contribution in [2.45, 2.75) is 31.7 Å². The predicted octanol–water partition coefficient (Wildman–Crippen LogP) is 0.139. The Labute approximate surface area is 130 Å². The van der Waals surface area contributed by atoms with E-state index in [1.165, 1.54) is 0 Å². The van der Waals surface area contributed by atoms with Gasteiger partial charge in [-0.05, 0) is 25.7 Å². The molecule has 0 aliphatic carbocycles. The van der Waals surface area contributed by atoms with Gasteiger partial charge in [0.1, 0.15) is 18.0 Å². The molecule has 1 aromatic heterocycles. The van der Waals surface area contributed by atoms with Crippen molar-refractivity contribution in [1.82, 2.24) is 9.97 Å². The number of aliphatic hydroxyl groups excluding tert-OH is 1. The van der Waals surface area contributed by atoms with E-state index in [9.17, 15) is 9.90 Å². The van der Waals surface area contributed by atoms with Crippen LogP contribution in [0.4, 0.5) is 11.6 Å². The van der Waals surface area contributed by atoms with Gasteiger partial charge in [0, 0.05) is 25.7 Å². The van der Waals surface area contributed by atoms with Crippen molar-refractivity contribution in [3.63, 3.8) is 0 Å². The number of amides is 1. The van der Waals surface area contributed by atoms with Crippen LogP contribution in [-0.4, -0.2) is 53.3 Å². The number of hydrogen-bond donors (Lipinski definition) is 2. The van der Waals surface area contributed by atoms with Crippen molar-refractivity contribution >= 4 is 17.5 Å². The maximum atomic E-state index is 11.4. The average Bonchev–Trinajstić information content (AvgIpc) is 3.04. The highest BCUT2D eigenvalue weighted by Gasteiger charge is 2.27. The maximum Gasteiger partial charge on any atom is 0.222 e. The minimum absolute atomic E-state index is 0.107. The molecule has 2 aliphatic rings. The van der Waals surface area contributed by atoms with Gasteiger partial charge in [0.05, 0.1) is 18.6 Å². The van der Waals surface area contributed by atoms with Gasteiger partial charge in [-0.3, -0.25) is 4.79 Å². The molecule has 0 bridgehead atoms. The molecule has 1 aromatic rings. The third-order valence-electron chi connectivity index (χ3n) is 4.67. The number of rotatable bonds is 4. The second kappa shape index (κ2) is 6.48. The van der Waals surface area contributed by atoms with E-state index in [4.69, 9.17) is 5.73 Å². The molecule has 0 unspecified atom stereocenters. The molecule has 1 amide bonds. The van der Waals surface area contributed by atoms with Gasteiger partial charge >= 0.3 is 0 Å². The lowest BCUT2D eigenvalue weighted by atomic mass is 9.97. The molecule has 2 saturated heterocycles. The Morgan fingerprint density at radius 1 is 1.27 bits per heavy atom. The van der Waals surface area contributed by atoms with E-state index < -0.39 is 0 Å². The van der Waals surface area contributed by atoms with Gasteiger partial charge in [0.25, 0.3) is 0 Å². The summed E-state index contributed by atoms with van der Waals surface area (Å²) in [5.74, 6) is 1.34. The molecule has 0 aromatic carbocycles. The third-order valence-corrected chi connectivity index (χ3v) is 4.67. The molecule has 7 heteroatoms. The maximum absolute atomic E-state index is 11.4. The average molecular weight is 305 g/mol. The molecule has 3 heterocycles. The number of aromatic nitrogens is 2. The number of nitrogens with zero attached hydrogens (tertiary/aromatic N) is 4. The van der Waals surface area contributed by atoms with E-state index in [-0.39, 0.29) is 24.5 Å². The first-order chi connectivity index (χ1) is 10.7. The summed E-state index contributed by atoms with van der Waals surface area (Å²) in [5.41, 5.74) is 5.44. The minimum atomic E-state index is -0.237. The highest BCUT2D eigenvalue weighted by atomic mass is 16.3. The van der Waals surface area contributed by atoms with Crippen LogP contribution in [-0.2, 0) is 4.79 Å². The topological polar surface area (TPSA) is 95.6 Å². The zero-order valence-corrected chi connectivity index (χ0v) is 12.7. The Kier molecular flexibility index (Phi) is 4.42. The highest BCUT2D eigenvalue weighted by molar-refractivity contribution is 5.77. The van der Waals surface area contributed by atoms with Crippen LogP contribution in [0.15, 0.2) is 12.4 Å². The summed E-state index contributed by atoms with van der Waals surface area (Å²) in [6.45, 7) is 2.55. The number of hydrogen-bond acceptors (Lipinski definition) is 6. The SMILES string of the molecule is NC(=O)[C@@H]1CCCN(c2cc(N3CCC[C@@H]3CO)ncn2)C1. The van der Waals surface area contributed by atoms with Gasteiger partial charge < -0.3 is 20.6 Å².